The fraction of sp³-hybridized carbons (Fsp3) is 0.529. The molecule has 122 valence electrons. The Hall–Kier alpha value is -2.04. The number of ether oxygens (including phenoxy) is 1. The van der Waals surface area contributed by atoms with E-state index in [1.54, 1.807) is 0 Å². The van der Waals surface area contributed by atoms with E-state index in [-0.39, 0.29) is 5.97 Å². The second-order valence-corrected chi connectivity index (χ2v) is 5.02. The minimum atomic E-state index is -0.147. The molecule has 0 amide bonds. The molecule has 0 spiro atoms. The van der Waals surface area contributed by atoms with Gasteiger partial charge < -0.3 is 15.4 Å². The summed E-state index contributed by atoms with van der Waals surface area (Å²) in [4.78, 5) is 15.8. The van der Waals surface area contributed by atoms with Gasteiger partial charge in [0.05, 0.1) is 13.2 Å². The second kappa shape index (κ2) is 10.7. The summed E-state index contributed by atoms with van der Waals surface area (Å²) in [5, 5.41) is 6.44. The standard InChI is InChI=1S/C17H27N3O2/c1-4-18-17(19-11-7-10-16(21)22-5-2)20-13-15-9-6-8-14(3)12-15/h6,8-9,12H,4-5,7,10-11,13H2,1-3H3,(H2,18,19,20). The fourth-order valence-electron chi connectivity index (χ4n) is 2.00. The molecule has 0 atom stereocenters. The Labute approximate surface area is 133 Å². The molecule has 1 aromatic rings. The molecule has 5 nitrogen and oxygen atoms in total. The first-order chi connectivity index (χ1) is 10.7. The quantitative estimate of drug-likeness (QED) is 0.335. The molecular weight excluding hydrogens is 278 g/mol. The average Bonchev–Trinajstić information content (AvgIpc) is 2.49. The van der Waals surface area contributed by atoms with E-state index >= 15 is 0 Å². The molecule has 0 heterocycles. The summed E-state index contributed by atoms with van der Waals surface area (Å²) in [6.45, 7) is 8.49. The molecule has 1 rings (SSSR count). The van der Waals surface area contributed by atoms with Crippen molar-refractivity contribution in [2.75, 3.05) is 19.7 Å². The summed E-state index contributed by atoms with van der Waals surface area (Å²) in [5.41, 5.74) is 2.42. The van der Waals surface area contributed by atoms with Gasteiger partial charge in [-0.15, -0.1) is 0 Å². The van der Waals surface area contributed by atoms with Crippen molar-refractivity contribution < 1.29 is 9.53 Å². The average molecular weight is 305 g/mol. The number of guanidine groups is 1. The Bertz CT molecular complexity index is 487. The fourth-order valence-corrected chi connectivity index (χ4v) is 2.00. The van der Waals surface area contributed by atoms with Crippen LogP contribution >= 0.6 is 0 Å². The number of esters is 1. The van der Waals surface area contributed by atoms with Crippen molar-refractivity contribution in [1.82, 2.24) is 10.6 Å². The smallest absolute Gasteiger partial charge is 0.305 e. The Morgan fingerprint density at radius 1 is 1.27 bits per heavy atom. The topological polar surface area (TPSA) is 62.7 Å². The van der Waals surface area contributed by atoms with Crippen molar-refractivity contribution >= 4 is 11.9 Å². The first-order valence-corrected chi connectivity index (χ1v) is 7.89. The van der Waals surface area contributed by atoms with Crippen molar-refractivity contribution in [3.05, 3.63) is 35.4 Å². The van der Waals surface area contributed by atoms with Gasteiger partial charge in [0.25, 0.3) is 0 Å². The summed E-state index contributed by atoms with van der Waals surface area (Å²) in [7, 11) is 0. The Morgan fingerprint density at radius 3 is 2.77 bits per heavy atom. The number of carbonyl (C=O) groups is 1. The van der Waals surface area contributed by atoms with Crippen molar-refractivity contribution in [2.45, 2.75) is 40.2 Å². The van der Waals surface area contributed by atoms with Crippen LogP contribution < -0.4 is 10.6 Å². The highest BCUT2D eigenvalue weighted by molar-refractivity contribution is 5.79. The summed E-state index contributed by atoms with van der Waals surface area (Å²) in [6, 6.07) is 8.32. The Morgan fingerprint density at radius 2 is 2.09 bits per heavy atom. The zero-order valence-electron chi connectivity index (χ0n) is 13.8. The summed E-state index contributed by atoms with van der Waals surface area (Å²) in [5.74, 6) is 0.624. The zero-order chi connectivity index (χ0) is 16.2. The van der Waals surface area contributed by atoms with Crippen LogP contribution in [-0.2, 0) is 16.1 Å². The number of aliphatic imine (C=N–C) groups is 1. The minimum absolute atomic E-state index is 0.147. The third-order valence-corrected chi connectivity index (χ3v) is 3.00. The predicted molar refractivity (Wildman–Crippen MR) is 89.9 cm³/mol. The number of aryl methyl sites for hydroxylation is 1. The highest BCUT2D eigenvalue weighted by atomic mass is 16.5. The van der Waals surface area contributed by atoms with Crippen LogP contribution in [0.1, 0.15) is 37.8 Å². The van der Waals surface area contributed by atoms with Crippen LogP contribution in [-0.4, -0.2) is 31.6 Å². The molecule has 0 fully saturated rings. The van der Waals surface area contributed by atoms with Gasteiger partial charge in [0.2, 0.25) is 0 Å². The number of hydrogen-bond acceptors (Lipinski definition) is 3. The van der Waals surface area contributed by atoms with Gasteiger partial charge in [0.15, 0.2) is 5.96 Å². The molecule has 0 radical (unpaired) electrons. The summed E-state index contributed by atoms with van der Waals surface area (Å²) < 4.78 is 4.90. The molecule has 5 heteroatoms. The lowest BCUT2D eigenvalue weighted by atomic mass is 10.1. The third-order valence-electron chi connectivity index (χ3n) is 3.00. The van der Waals surface area contributed by atoms with Crippen LogP contribution in [0.2, 0.25) is 0 Å². The number of benzene rings is 1. The summed E-state index contributed by atoms with van der Waals surface area (Å²) in [6.07, 6.45) is 1.16. The predicted octanol–water partition coefficient (Wildman–Crippen LogP) is 2.39. The highest BCUT2D eigenvalue weighted by Gasteiger charge is 2.02. The van der Waals surface area contributed by atoms with Crippen molar-refractivity contribution in [2.24, 2.45) is 4.99 Å². The van der Waals surface area contributed by atoms with E-state index in [2.05, 4.69) is 40.7 Å². The number of rotatable bonds is 8. The lowest BCUT2D eigenvalue weighted by Gasteiger charge is -2.11. The number of nitrogens with zero attached hydrogens (tertiary/aromatic N) is 1. The van der Waals surface area contributed by atoms with Crippen molar-refractivity contribution in [1.29, 1.82) is 0 Å². The van der Waals surface area contributed by atoms with Crippen LogP contribution in [0.25, 0.3) is 0 Å². The van der Waals surface area contributed by atoms with Gasteiger partial charge in [0.1, 0.15) is 0 Å². The largest absolute Gasteiger partial charge is 0.466 e. The van der Waals surface area contributed by atoms with Gasteiger partial charge in [0, 0.05) is 19.5 Å². The van der Waals surface area contributed by atoms with Gasteiger partial charge in [-0.2, -0.15) is 0 Å². The van der Waals surface area contributed by atoms with E-state index < -0.39 is 0 Å². The number of carbonyl (C=O) groups excluding carboxylic acids is 1. The van der Waals surface area contributed by atoms with Gasteiger partial charge >= 0.3 is 5.97 Å². The molecule has 0 aliphatic heterocycles. The maximum atomic E-state index is 11.3. The lowest BCUT2D eigenvalue weighted by molar-refractivity contribution is -0.143. The molecule has 1 aromatic carbocycles. The maximum Gasteiger partial charge on any atom is 0.305 e. The van der Waals surface area contributed by atoms with Crippen LogP contribution in [0.4, 0.5) is 0 Å². The van der Waals surface area contributed by atoms with Crippen LogP contribution in [0.3, 0.4) is 0 Å². The maximum absolute atomic E-state index is 11.3. The molecule has 0 bridgehead atoms. The zero-order valence-corrected chi connectivity index (χ0v) is 13.8. The SMILES string of the molecule is CCNC(=NCc1cccc(C)c1)NCCCC(=O)OCC. The van der Waals surface area contributed by atoms with Crippen LogP contribution in [0.5, 0.6) is 0 Å². The molecule has 0 aliphatic rings. The number of nitrogens with one attached hydrogen (secondary N) is 2. The molecule has 0 aliphatic carbocycles. The highest BCUT2D eigenvalue weighted by Crippen LogP contribution is 2.05. The molecular formula is C17H27N3O2. The van der Waals surface area contributed by atoms with Crippen LogP contribution in [0.15, 0.2) is 29.3 Å². The molecule has 0 saturated heterocycles. The van der Waals surface area contributed by atoms with Gasteiger partial charge in [-0.1, -0.05) is 29.8 Å². The Balaban J connectivity index is 2.40. The summed E-state index contributed by atoms with van der Waals surface area (Å²) >= 11 is 0. The van der Waals surface area contributed by atoms with Crippen molar-refractivity contribution in [3.63, 3.8) is 0 Å². The second-order valence-electron chi connectivity index (χ2n) is 5.02. The molecule has 0 aromatic heterocycles. The lowest BCUT2D eigenvalue weighted by Crippen LogP contribution is -2.37. The van der Waals surface area contributed by atoms with Crippen LogP contribution in [0, 0.1) is 6.92 Å². The van der Waals surface area contributed by atoms with E-state index in [1.807, 2.05) is 19.9 Å². The van der Waals surface area contributed by atoms with E-state index in [0.29, 0.717) is 26.1 Å². The number of hydrogen-bond donors (Lipinski definition) is 2. The van der Waals surface area contributed by atoms with E-state index in [1.165, 1.54) is 11.1 Å². The normalized spacial score (nSPS) is 11.1. The Kier molecular flexibility index (Phi) is 8.72. The molecule has 22 heavy (non-hydrogen) atoms. The minimum Gasteiger partial charge on any atom is -0.466 e. The van der Waals surface area contributed by atoms with E-state index in [0.717, 1.165) is 18.9 Å². The third kappa shape index (κ3) is 7.67. The van der Waals surface area contributed by atoms with Gasteiger partial charge in [-0.3, -0.25) is 4.79 Å². The molecule has 2 N–H and O–H groups in total. The monoisotopic (exact) mass is 305 g/mol. The van der Waals surface area contributed by atoms with Gasteiger partial charge in [-0.05, 0) is 32.8 Å². The van der Waals surface area contributed by atoms with Gasteiger partial charge in [-0.25, -0.2) is 4.99 Å². The van der Waals surface area contributed by atoms with E-state index in [4.69, 9.17) is 4.74 Å². The molecule has 0 saturated carbocycles. The van der Waals surface area contributed by atoms with Crippen molar-refractivity contribution in [3.8, 4) is 0 Å². The molecule has 0 unspecified atom stereocenters. The first kappa shape index (κ1) is 18.0. The first-order valence-electron chi connectivity index (χ1n) is 7.89. The van der Waals surface area contributed by atoms with E-state index in [9.17, 15) is 4.79 Å².